The zero-order chi connectivity index (χ0) is 20.5. The highest BCUT2D eigenvalue weighted by molar-refractivity contribution is 5.88. The number of carboxylic acid groups (broad SMARTS) is 1. The summed E-state index contributed by atoms with van der Waals surface area (Å²) in [5.41, 5.74) is 4.43. The number of rotatable bonds is 5. The second kappa shape index (κ2) is 7.73. The minimum Gasteiger partial charge on any atom is -0.478 e. The third-order valence-corrected chi connectivity index (χ3v) is 5.97. The standard InChI is InChI=1S/C22H26N4O3/c1-14-3-5-20-18(11-14)16(12-23-20)4-6-21(27)25-9-7-17(8-10-25)26-15(2)19(13-24-26)22(28)29/h3,5,11-13,17,23H,4,6-10H2,1-2H3,(H,28,29). The van der Waals surface area contributed by atoms with Crippen molar-refractivity contribution in [1.29, 1.82) is 0 Å². The zero-order valence-electron chi connectivity index (χ0n) is 16.8. The molecule has 7 heteroatoms. The van der Waals surface area contributed by atoms with Crippen LogP contribution in [0.1, 0.15) is 52.5 Å². The van der Waals surface area contributed by atoms with Crippen molar-refractivity contribution in [3.8, 4) is 0 Å². The van der Waals surface area contributed by atoms with Gasteiger partial charge in [0.2, 0.25) is 5.91 Å². The fourth-order valence-corrected chi connectivity index (χ4v) is 4.26. The number of nitrogens with one attached hydrogen (secondary N) is 1. The van der Waals surface area contributed by atoms with Gasteiger partial charge in [-0.1, -0.05) is 11.6 Å². The molecule has 0 aliphatic carbocycles. The van der Waals surface area contributed by atoms with Crippen LogP contribution in [0, 0.1) is 13.8 Å². The number of hydrogen-bond donors (Lipinski definition) is 2. The largest absolute Gasteiger partial charge is 0.478 e. The van der Waals surface area contributed by atoms with Crippen LogP contribution in [0.2, 0.25) is 0 Å². The first kappa shape index (κ1) is 19.2. The Morgan fingerprint density at radius 3 is 2.69 bits per heavy atom. The minimum atomic E-state index is -0.950. The molecular formula is C22H26N4O3. The number of aromatic carboxylic acids is 1. The van der Waals surface area contributed by atoms with Gasteiger partial charge in [-0.2, -0.15) is 5.10 Å². The molecule has 0 radical (unpaired) electrons. The van der Waals surface area contributed by atoms with Crippen molar-refractivity contribution in [2.75, 3.05) is 13.1 Å². The van der Waals surface area contributed by atoms with E-state index in [1.54, 1.807) is 11.6 Å². The van der Waals surface area contributed by atoms with Gasteiger partial charge < -0.3 is 15.0 Å². The number of nitrogens with zero attached hydrogens (tertiary/aromatic N) is 3. The van der Waals surface area contributed by atoms with Crippen LogP contribution >= 0.6 is 0 Å². The number of piperidine rings is 1. The Morgan fingerprint density at radius 1 is 1.24 bits per heavy atom. The number of carbonyl (C=O) groups excluding carboxylic acids is 1. The van der Waals surface area contributed by atoms with Gasteiger partial charge in [-0.05, 0) is 50.8 Å². The Bertz CT molecular complexity index is 1060. The van der Waals surface area contributed by atoms with Crippen LogP contribution in [-0.2, 0) is 11.2 Å². The van der Waals surface area contributed by atoms with Gasteiger partial charge >= 0.3 is 5.97 Å². The summed E-state index contributed by atoms with van der Waals surface area (Å²) >= 11 is 0. The monoisotopic (exact) mass is 394 g/mol. The summed E-state index contributed by atoms with van der Waals surface area (Å²) in [6.07, 6.45) is 6.22. The zero-order valence-corrected chi connectivity index (χ0v) is 16.8. The molecule has 152 valence electrons. The number of H-pyrrole nitrogens is 1. The van der Waals surface area contributed by atoms with Crippen LogP contribution in [-0.4, -0.2) is 49.7 Å². The van der Waals surface area contributed by atoms with Crippen LogP contribution in [0.4, 0.5) is 0 Å². The van der Waals surface area contributed by atoms with Crippen molar-refractivity contribution in [1.82, 2.24) is 19.7 Å². The molecule has 0 atom stereocenters. The molecule has 1 amide bonds. The Hall–Kier alpha value is -3.09. The molecule has 1 aliphatic heterocycles. The first-order chi connectivity index (χ1) is 13.9. The summed E-state index contributed by atoms with van der Waals surface area (Å²) in [4.78, 5) is 29.1. The Kier molecular flexibility index (Phi) is 5.13. The highest BCUT2D eigenvalue weighted by Gasteiger charge is 2.26. The average molecular weight is 394 g/mol. The van der Waals surface area contributed by atoms with Crippen molar-refractivity contribution < 1.29 is 14.7 Å². The van der Waals surface area contributed by atoms with Gasteiger partial charge in [-0.3, -0.25) is 9.48 Å². The fourth-order valence-electron chi connectivity index (χ4n) is 4.26. The van der Waals surface area contributed by atoms with E-state index in [2.05, 4.69) is 35.2 Å². The van der Waals surface area contributed by atoms with Crippen molar-refractivity contribution in [3.63, 3.8) is 0 Å². The summed E-state index contributed by atoms with van der Waals surface area (Å²) < 4.78 is 1.81. The number of amides is 1. The molecule has 7 nitrogen and oxygen atoms in total. The predicted molar refractivity (Wildman–Crippen MR) is 110 cm³/mol. The average Bonchev–Trinajstić information content (AvgIpc) is 3.29. The van der Waals surface area contributed by atoms with E-state index < -0.39 is 5.97 Å². The SMILES string of the molecule is Cc1ccc2[nH]cc(CCC(=O)N3CCC(n4ncc(C(=O)O)c4C)CC3)c2c1. The maximum atomic E-state index is 12.7. The summed E-state index contributed by atoms with van der Waals surface area (Å²) in [6, 6.07) is 6.46. The lowest BCUT2D eigenvalue weighted by Gasteiger charge is -2.32. The van der Waals surface area contributed by atoms with Crippen LogP contribution in [0.15, 0.2) is 30.6 Å². The normalized spacial score (nSPS) is 15.2. The van der Waals surface area contributed by atoms with E-state index in [9.17, 15) is 14.7 Å². The molecule has 1 aliphatic rings. The summed E-state index contributed by atoms with van der Waals surface area (Å²) in [5, 5.41) is 14.7. The third kappa shape index (κ3) is 3.77. The first-order valence-electron chi connectivity index (χ1n) is 10.1. The maximum absolute atomic E-state index is 12.7. The molecule has 1 fully saturated rings. The van der Waals surface area contributed by atoms with Gasteiger partial charge in [-0.15, -0.1) is 0 Å². The number of hydrogen-bond acceptors (Lipinski definition) is 3. The number of aryl methyl sites for hydroxylation is 2. The molecule has 1 saturated heterocycles. The number of carbonyl (C=O) groups is 2. The molecular weight excluding hydrogens is 368 g/mol. The number of likely N-dealkylation sites (tertiary alicyclic amines) is 1. The highest BCUT2D eigenvalue weighted by Crippen LogP contribution is 2.26. The number of benzene rings is 1. The first-order valence-corrected chi connectivity index (χ1v) is 10.1. The van der Waals surface area contributed by atoms with Crippen molar-refractivity contribution in [2.45, 2.75) is 45.6 Å². The second-order valence-electron chi connectivity index (χ2n) is 7.87. The van der Waals surface area contributed by atoms with E-state index in [4.69, 9.17) is 0 Å². The number of carboxylic acids is 1. The van der Waals surface area contributed by atoms with E-state index in [1.807, 2.05) is 11.1 Å². The molecule has 0 spiro atoms. The molecule has 2 aromatic heterocycles. The lowest BCUT2D eigenvalue weighted by atomic mass is 10.0. The van der Waals surface area contributed by atoms with E-state index in [0.717, 1.165) is 24.8 Å². The third-order valence-electron chi connectivity index (χ3n) is 5.97. The van der Waals surface area contributed by atoms with E-state index >= 15 is 0 Å². The molecule has 4 rings (SSSR count). The van der Waals surface area contributed by atoms with Gasteiger partial charge in [0.25, 0.3) is 0 Å². The lowest BCUT2D eigenvalue weighted by molar-refractivity contribution is -0.132. The Morgan fingerprint density at radius 2 is 2.00 bits per heavy atom. The van der Waals surface area contributed by atoms with Crippen LogP contribution < -0.4 is 0 Å². The molecule has 0 saturated carbocycles. The summed E-state index contributed by atoms with van der Waals surface area (Å²) in [5.74, 6) is -0.775. The van der Waals surface area contributed by atoms with Gasteiger partial charge in [0.05, 0.1) is 17.9 Å². The van der Waals surface area contributed by atoms with Crippen LogP contribution in [0.3, 0.4) is 0 Å². The molecule has 1 aromatic carbocycles. The van der Waals surface area contributed by atoms with Gasteiger partial charge in [0, 0.05) is 36.6 Å². The van der Waals surface area contributed by atoms with Gasteiger partial charge in [0.1, 0.15) is 5.56 Å². The second-order valence-corrected chi connectivity index (χ2v) is 7.87. The minimum absolute atomic E-state index is 0.142. The van der Waals surface area contributed by atoms with Crippen molar-refractivity contribution >= 4 is 22.8 Å². The smallest absolute Gasteiger partial charge is 0.339 e. The Labute approximate surface area is 169 Å². The topological polar surface area (TPSA) is 91.2 Å². The van der Waals surface area contributed by atoms with E-state index in [-0.39, 0.29) is 17.5 Å². The van der Waals surface area contributed by atoms with Crippen LogP contribution in [0.5, 0.6) is 0 Å². The lowest BCUT2D eigenvalue weighted by Crippen LogP contribution is -2.39. The highest BCUT2D eigenvalue weighted by atomic mass is 16.4. The molecule has 3 heterocycles. The summed E-state index contributed by atoms with van der Waals surface area (Å²) in [6.45, 7) is 5.22. The van der Waals surface area contributed by atoms with Crippen LogP contribution in [0.25, 0.3) is 10.9 Å². The number of aromatic nitrogens is 3. The Balaban J connectivity index is 1.34. The molecule has 29 heavy (non-hydrogen) atoms. The summed E-state index contributed by atoms with van der Waals surface area (Å²) in [7, 11) is 0. The van der Waals surface area contributed by atoms with Crippen molar-refractivity contribution in [2.24, 2.45) is 0 Å². The fraction of sp³-hybridized carbons (Fsp3) is 0.409. The quantitative estimate of drug-likeness (QED) is 0.693. The van der Waals surface area contributed by atoms with Crippen molar-refractivity contribution in [3.05, 3.63) is 53.0 Å². The molecule has 0 unspecified atom stereocenters. The number of aromatic amines is 1. The predicted octanol–water partition coefficient (Wildman–Crippen LogP) is 3.48. The van der Waals surface area contributed by atoms with E-state index in [1.165, 1.54) is 22.7 Å². The number of fused-ring (bicyclic) bond motifs is 1. The van der Waals surface area contributed by atoms with Gasteiger partial charge in [0.15, 0.2) is 0 Å². The molecule has 3 aromatic rings. The molecule has 2 N–H and O–H groups in total. The molecule has 0 bridgehead atoms. The van der Waals surface area contributed by atoms with E-state index in [0.29, 0.717) is 25.2 Å². The van der Waals surface area contributed by atoms with Gasteiger partial charge in [-0.25, -0.2) is 4.79 Å². The maximum Gasteiger partial charge on any atom is 0.339 e.